The third kappa shape index (κ3) is 3.33. The van der Waals surface area contributed by atoms with Crippen LogP contribution in [0.5, 0.6) is 0 Å². The molecule has 116 valence electrons. The van der Waals surface area contributed by atoms with Gasteiger partial charge in [-0.2, -0.15) is 4.31 Å². The standard InChI is InChI=1S/C13H18N2O5S/c1-2-20-13(17)11-5-3-4-8-15(11)21(18,19)10-6-7-12(16)14-9-10/h6-7,9,11H,2-5,8H2,1H3,(H,14,16). The third-order valence-electron chi connectivity index (χ3n) is 3.37. The van der Waals surface area contributed by atoms with Gasteiger partial charge in [0.2, 0.25) is 15.6 Å². The minimum atomic E-state index is -3.83. The largest absolute Gasteiger partial charge is 0.465 e. The highest BCUT2D eigenvalue weighted by Gasteiger charge is 2.38. The number of carbonyl (C=O) groups excluding carboxylic acids is 1. The van der Waals surface area contributed by atoms with Crippen molar-refractivity contribution in [3.8, 4) is 0 Å². The van der Waals surface area contributed by atoms with Crippen molar-refractivity contribution in [3.63, 3.8) is 0 Å². The summed E-state index contributed by atoms with van der Waals surface area (Å²) in [6.45, 7) is 2.16. The van der Waals surface area contributed by atoms with Crippen LogP contribution in [0.1, 0.15) is 26.2 Å². The summed E-state index contributed by atoms with van der Waals surface area (Å²) in [5, 5.41) is 0. The molecular formula is C13H18N2O5S. The zero-order valence-corrected chi connectivity index (χ0v) is 12.6. The molecule has 0 aliphatic carbocycles. The van der Waals surface area contributed by atoms with Crippen LogP contribution < -0.4 is 5.56 Å². The molecule has 1 aliphatic rings. The molecule has 1 aromatic rings. The maximum atomic E-state index is 12.6. The zero-order chi connectivity index (χ0) is 15.5. The van der Waals surface area contributed by atoms with Gasteiger partial charge in [0.25, 0.3) is 0 Å². The van der Waals surface area contributed by atoms with Crippen molar-refractivity contribution in [2.75, 3.05) is 13.2 Å². The van der Waals surface area contributed by atoms with Crippen molar-refractivity contribution in [2.45, 2.75) is 37.1 Å². The second-order valence-electron chi connectivity index (χ2n) is 4.77. The van der Waals surface area contributed by atoms with E-state index >= 15 is 0 Å². The molecule has 0 bridgehead atoms. The van der Waals surface area contributed by atoms with Crippen LogP contribution in [0.15, 0.2) is 28.0 Å². The minimum absolute atomic E-state index is 0.0294. The lowest BCUT2D eigenvalue weighted by molar-refractivity contribution is -0.148. The highest BCUT2D eigenvalue weighted by atomic mass is 32.2. The van der Waals surface area contributed by atoms with Crippen molar-refractivity contribution in [2.24, 2.45) is 0 Å². The lowest BCUT2D eigenvalue weighted by Crippen LogP contribution is -2.48. The van der Waals surface area contributed by atoms with Gasteiger partial charge in [0.1, 0.15) is 6.04 Å². The predicted molar refractivity (Wildman–Crippen MR) is 75.2 cm³/mol. The number of ether oxygens (including phenoxy) is 1. The number of aromatic amines is 1. The molecule has 1 unspecified atom stereocenters. The summed E-state index contributed by atoms with van der Waals surface area (Å²) in [5.41, 5.74) is -0.380. The Bertz CT molecular complexity index is 647. The minimum Gasteiger partial charge on any atom is -0.465 e. The van der Waals surface area contributed by atoms with E-state index in [-0.39, 0.29) is 23.6 Å². The Balaban J connectivity index is 2.33. The molecule has 1 aromatic heterocycles. The van der Waals surface area contributed by atoms with Gasteiger partial charge < -0.3 is 9.72 Å². The van der Waals surface area contributed by atoms with Gasteiger partial charge in [0, 0.05) is 18.8 Å². The van der Waals surface area contributed by atoms with E-state index in [1.165, 1.54) is 10.4 Å². The van der Waals surface area contributed by atoms with Gasteiger partial charge in [-0.1, -0.05) is 0 Å². The van der Waals surface area contributed by atoms with Crippen LogP contribution in [0, 0.1) is 0 Å². The Morgan fingerprint density at radius 2 is 2.19 bits per heavy atom. The summed E-state index contributed by atoms with van der Waals surface area (Å²) in [7, 11) is -3.83. The summed E-state index contributed by atoms with van der Waals surface area (Å²) in [6.07, 6.45) is 3.06. The molecule has 1 saturated heterocycles. The van der Waals surface area contributed by atoms with Crippen molar-refractivity contribution in [1.82, 2.24) is 9.29 Å². The van der Waals surface area contributed by atoms with E-state index in [0.29, 0.717) is 12.8 Å². The van der Waals surface area contributed by atoms with Crippen molar-refractivity contribution >= 4 is 16.0 Å². The van der Waals surface area contributed by atoms with Gasteiger partial charge in [-0.25, -0.2) is 8.42 Å². The molecule has 1 atom stereocenters. The average Bonchev–Trinajstić information content (AvgIpc) is 2.48. The first-order valence-electron chi connectivity index (χ1n) is 6.84. The highest BCUT2D eigenvalue weighted by Crippen LogP contribution is 2.25. The van der Waals surface area contributed by atoms with Crippen LogP contribution in [0.4, 0.5) is 0 Å². The number of carbonyl (C=O) groups is 1. The van der Waals surface area contributed by atoms with Gasteiger partial charge >= 0.3 is 5.97 Å². The number of nitrogens with zero attached hydrogens (tertiary/aromatic N) is 1. The number of hydrogen-bond acceptors (Lipinski definition) is 5. The SMILES string of the molecule is CCOC(=O)C1CCCCN1S(=O)(=O)c1ccc(=O)[nH]c1. The Labute approximate surface area is 123 Å². The van der Waals surface area contributed by atoms with Crippen LogP contribution in [-0.2, 0) is 19.6 Å². The summed E-state index contributed by atoms with van der Waals surface area (Å²) in [6, 6.07) is 1.59. The van der Waals surface area contributed by atoms with E-state index in [9.17, 15) is 18.0 Å². The number of esters is 1. The second kappa shape index (κ2) is 6.40. The summed E-state index contributed by atoms with van der Waals surface area (Å²) in [5.74, 6) is -0.523. The topological polar surface area (TPSA) is 96.5 Å². The fourth-order valence-electron chi connectivity index (χ4n) is 2.36. The van der Waals surface area contributed by atoms with Crippen LogP contribution in [0.25, 0.3) is 0 Å². The Kier molecular flexibility index (Phi) is 4.79. The first-order valence-corrected chi connectivity index (χ1v) is 8.28. The first kappa shape index (κ1) is 15.7. The Morgan fingerprint density at radius 3 is 2.81 bits per heavy atom. The Morgan fingerprint density at radius 1 is 1.43 bits per heavy atom. The lowest BCUT2D eigenvalue weighted by Gasteiger charge is -2.32. The summed E-state index contributed by atoms with van der Waals surface area (Å²) >= 11 is 0. The van der Waals surface area contributed by atoms with Crippen molar-refractivity contribution in [1.29, 1.82) is 0 Å². The maximum Gasteiger partial charge on any atom is 0.324 e. The van der Waals surface area contributed by atoms with E-state index in [0.717, 1.165) is 18.7 Å². The molecule has 2 rings (SSSR count). The number of pyridine rings is 1. The number of H-pyrrole nitrogens is 1. The number of rotatable bonds is 4. The summed E-state index contributed by atoms with van der Waals surface area (Å²) < 4.78 is 31.4. The molecule has 7 nitrogen and oxygen atoms in total. The van der Waals surface area contributed by atoms with Crippen LogP contribution in [0.3, 0.4) is 0 Å². The average molecular weight is 314 g/mol. The first-order chi connectivity index (χ1) is 9.96. The van der Waals surface area contributed by atoms with E-state index in [2.05, 4.69) is 4.98 Å². The molecule has 21 heavy (non-hydrogen) atoms. The molecule has 8 heteroatoms. The molecule has 0 spiro atoms. The van der Waals surface area contributed by atoms with Crippen LogP contribution in [0.2, 0.25) is 0 Å². The molecule has 1 fully saturated rings. The van der Waals surface area contributed by atoms with Gasteiger partial charge in [-0.05, 0) is 32.3 Å². The van der Waals surface area contributed by atoms with Crippen LogP contribution in [-0.4, -0.2) is 42.9 Å². The molecule has 0 saturated carbocycles. The second-order valence-corrected chi connectivity index (χ2v) is 6.66. The van der Waals surface area contributed by atoms with Crippen LogP contribution >= 0.6 is 0 Å². The molecule has 1 aliphatic heterocycles. The number of sulfonamides is 1. The molecule has 0 radical (unpaired) electrons. The van der Waals surface area contributed by atoms with E-state index in [1.807, 2.05) is 0 Å². The van der Waals surface area contributed by atoms with Gasteiger partial charge in [0.05, 0.1) is 11.5 Å². The van der Waals surface area contributed by atoms with E-state index in [1.54, 1.807) is 6.92 Å². The fourth-order valence-corrected chi connectivity index (χ4v) is 3.97. The number of hydrogen-bond donors (Lipinski definition) is 1. The quantitative estimate of drug-likeness (QED) is 0.815. The predicted octanol–water partition coefficient (Wildman–Crippen LogP) is 0.481. The fraction of sp³-hybridized carbons (Fsp3) is 0.538. The number of nitrogens with one attached hydrogen (secondary N) is 1. The summed E-state index contributed by atoms with van der Waals surface area (Å²) in [4.78, 5) is 25.3. The Hall–Kier alpha value is -1.67. The molecule has 0 amide bonds. The van der Waals surface area contributed by atoms with Crippen molar-refractivity contribution < 1.29 is 17.9 Å². The monoisotopic (exact) mass is 314 g/mol. The zero-order valence-electron chi connectivity index (χ0n) is 11.7. The molecule has 2 heterocycles. The highest BCUT2D eigenvalue weighted by molar-refractivity contribution is 7.89. The van der Waals surface area contributed by atoms with E-state index in [4.69, 9.17) is 4.74 Å². The maximum absolute atomic E-state index is 12.6. The molecular weight excluding hydrogens is 296 g/mol. The molecule has 1 N–H and O–H groups in total. The molecule has 0 aromatic carbocycles. The van der Waals surface area contributed by atoms with E-state index < -0.39 is 22.0 Å². The smallest absolute Gasteiger partial charge is 0.324 e. The van der Waals surface area contributed by atoms with Gasteiger partial charge in [-0.15, -0.1) is 0 Å². The number of piperidine rings is 1. The van der Waals surface area contributed by atoms with Crippen molar-refractivity contribution in [3.05, 3.63) is 28.7 Å². The third-order valence-corrected chi connectivity index (χ3v) is 5.28. The lowest BCUT2D eigenvalue weighted by atomic mass is 10.1. The number of aromatic nitrogens is 1. The van der Waals surface area contributed by atoms with Gasteiger partial charge in [0.15, 0.2) is 0 Å². The van der Waals surface area contributed by atoms with Gasteiger partial charge in [-0.3, -0.25) is 9.59 Å². The normalized spacial score (nSPS) is 20.1.